The lowest BCUT2D eigenvalue weighted by Gasteiger charge is -2.31. The second-order valence-electron chi connectivity index (χ2n) is 9.75. The average Bonchev–Trinajstić information content (AvgIpc) is 3.44. The minimum atomic E-state index is -0.478. The number of nitrogens with zero attached hydrogens (tertiary/aromatic N) is 4. The Morgan fingerprint density at radius 2 is 1.81 bits per heavy atom. The Labute approximate surface area is 243 Å². The van der Waals surface area contributed by atoms with Crippen molar-refractivity contribution >= 4 is 17.7 Å². The molecule has 3 heterocycles. The van der Waals surface area contributed by atoms with E-state index in [-0.39, 0.29) is 24.4 Å². The van der Waals surface area contributed by atoms with E-state index in [4.69, 9.17) is 23.7 Å². The number of aliphatic hydroxyl groups is 1. The number of methoxy groups -OCH3 is 2. The zero-order valence-corrected chi connectivity index (χ0v) is 23.9. The summed E-state index contributed by atoms with van der Waals surface area (Å²) in [5, 5.41) is 15.3. The van der Waals surface area contributed by atoms with Gasteiger partial charge in [-0.3, -0.25) is 0 Å². The van der Waals surface area contributed by atoms with Crippen LogP contribution in [0.2, 0.25) is 0 Å². The SMILES string of the molecule is CCNc1nc(-c2cc(OC)cc(OC)c2)c(-c2ccnc(Nc3ccc(OC4CCN(CCO)CC4)c(F)c3)n2)o1. The molecule has 4 aromatic rings. The van der Waals surface area contributed by atoms with Crippen molar-refractivity contribution in [2.24, 2.45) is 0 Å². The Bertz CT molecular complexity index is 1470. The van der Waals surface area contributed by atoms with E-state index >= 15 is 0 Å². The van der Waals surface area contributed by atoms with Crippen molar-refractivity contribution in [3.8, 4) is 40.0 Å². The van der Waals surface area contributed by atoms with Gasteiger partial charge in [0.15, 0.2) is 17.3 Å². The summed E-state index contributed by atoms with van der Waals surface area (Å²) in [5.74, 6) is 1.62. The molecule has 2 aromatic carbocycles. The second kappa shape index (κ2) is 13.5. The molecule has 11 nitrogen and oxygen atoms in total. The molecule has 222 valence electrons. The van der Waals surface area contributed by atoms with Crippen molar-refractivity contribution in [2.45, 2.75) is 25.9 Å². The van der Waals surface area contributed by atoms with E-state index in [0.29, 0.717) is 53.4 Å². The van der Waals surface area contributed by atoms with Gasteiger partial charge in [-0.25, -0.2) is 14.4 Å². The van der Waals surface area contributed by atoms with Gasteiger partial charge in [-0.1, -0.05) is 0 Å². The third kappa shape index (κ3) is 6.89. The maximum Gasteiger partial charge on any atom is 0.295 e. The number of ether oxygens (including phenoxy) is 3. The van der Waals surface area contributed by atoms with Gasteiger partial charge in [0.25, 0.3) is 6.01 Å². The van der Waals surface area contributed by atoms with Crippen LogP contribution >= 0.6 is 0 Å². The summed E-state index contributed by atoms with van der Waals surface area (Å²) in [6.45, 7) is 4.97. The van der Waals surface area contributed by atoms with Crippen LogP contribution in [0.4, 0.5) is 22.0 Å². The predicted octanol–water partition coefficient (Wildman–Crippen LogP) is 4.97. The van der Waals surface area contributed by atoms with Crippen LogP contribution in [0.5, 0.6) is 17.2 Å². The Hall–Kier alpha value is -4.42. The van der Waals surface area contributed by atoms with Crippen LogP contribution < -0.4 is 24.8 Å². The van der Waals surface area contributed by atoms with Crippen LogP contribution in [0, 0.1) is 5.82 Å². The molecule has 1 fully saturated rings. The molecular formula is C30H35FN6O5. The molecule has 0 radical (unpaired) electrons. The first-order chi connectivity index (χ1) is 20.5. The zero-order chi connectivity index (χ0) is 29.5. The van der Waals surface area contributed by atoms with Crippen LogP contribution in [0.1, 0.15) is 19.8 Å². The topological polar surface area (TPSA) is 127 Å². The van der Waals surface area contributed by atoms with Gasteiger partial charge in [0.1, 0.15) is 29.0 Å². The summed E-state index contributed by atoms with van der Waals surface area (Å²) in [7, 11) is 3.17. The molecule has 5 rings (SSSR count). The van der Waals surface area contributed by atoms with Crippen molar-refractivity contribution in [3.05, 3.63) is 54.5 Å². The molecular weight excluding hydrogens is 543 g/mol. The van der Waals surface area contributed by atoms with Gasteiger partial charge in [-0.05, 0) is 50.1 Å². The molecule has 0 amide bonds. The lowest BCUT2D eigenvalue weighted by molar-refractivity contribution is 0.0862. The molecule has 1 aliphatic heterocycles. The number of aromatic nitrogens is 3. The number of aliphatic hydroxyl groups excluding tert-OH is 1. The molecule has 2 aromatic heterocycles. The van der Waals surface area contributed by atoms with Gasteiger partial charge in [0.05, 0.1) is 20.8 Å². The molecule has 42 heavy (non-hydrogen) atoms. The molecule has 1 saturated heterocycles. The number of nitrogens with one attached hydrogen (secondary N) is 2. The zero-order valence-electron chi connectivity index (χ0n) is 23.9. The first-order valence-corrected chi connectivity index (χ1v) is 13.9. The lowest BCUT2D eigenvalue weighted by Crippen LogP contribution is -2.39. The first-order valence-electron chi connectivity index (χ1n) is 13.9. The van der Waals surface area contributed by atoms with Gasteiger partial charge < -0.3 is 39.3 Å². The van der Waals surface area contributed by atoms with Crippen LogP contribution in [-0.4, -0.2) is 78.1 Å². The van der Waals surface area contributed by atoms with Crippen molar-refractivity contribution in [2.75, 3.05) is 57.6 Å². The maximum absolute atomic E-state index is 15.0. The number of piperidine rings is 1. The van der Waals surface area contributed by atoms with Crippen molar-refractivity contribution in [3.63, 3.8) is 0 Å². The summed E-state index contributed by atoms with van der Waals surface area (Å²) in [6.07, 6.45) is 3.08. The molecule has 1 aliphatic rings. The van der Waals surface area contributed by atoms with Crippen molar-refractivity contribution in [1.82, 2.24) is 19.9 Å². The third-order valence-electron chi connectivity index (χ3n) is 6.90. The van der Waals surface area contributed by atoms with Crippen LogP contribution in [0.15, 0.2) is 53.1 Å². The molecule has 0 aliphatic carbocycles. The Morgan fingerprint density at radius 1 is 1.05 bits per heavy atom. The van der Waals surface area contributed by atoms with Gasteiger partial charge in [0, 0.05) is 55.8 Å². The van der Waals surface area contributed by atoms with Crippen molar-refractivity contribution in [1.29, 1.82) is 0 Å². The number of benzene rings is 2. The Morgan fingerprint density at radius 3 is 2.48 bits per heavy atom. The highest BCUT2D eigenvalue weighted by molar-refractivity contribution is 5.78. The fraction of sp³-hybridized carbons (Fsp3) is 0.367. The number of hydrogen-bond acceptors (Lipinski definition) is 11. The van der Waals surface area contributed by atoms with Crippen LogP contribution in [0.3, 0.4) is 0 Å². The third-order valence-corrected chi connectivity index (χ3v) is 6.90. The molecule has 3 N–H and O–H groups in total. The maximum atomic E-state index is 15.0. The lowest BCUT2D eigenvalue weighted by atomic mass is 10.1. The van der Waals surface area contributed by atoms with Crippen LogP contribution in [-0.2, 0) is 0 Å². The smallest absolute Gasteiger partial charge is 0.295 e. The van der Waals surface area contributed by atoms with E-state index in [1.165, 1.54) is 6.07 Å². The number of anilines is 3. The number of halogens is 1. The number of likely N-dealkylation sites (tertiary alicyclic amines) is 1. The molecule has 0 saturated carbocycles. The van der Waals surface area contributed by atoms with E-state index in [1.807, 2.05) is 19.1 Å². The predicted molar refractivity (Wildman–Crippen MR) is 157 cm³/mol. The summed E-state index contributed by atoms with van der Waals surface area (Å²) in [4.78, 5) is 15.8. The second-order valence-corrected chi connectivity index (χ2v) is 9.75. The number of oxazole rings is 1. The molecule has 12 heteroatoms. The first kappa shape index (κ1) is 29.1. The number of β-amino-alcohol motifs (C(OH)–C–C–N with tert-alkyl or cyclic N) is 1. The van der Waals surface area contributed by atoms with E-state index in [2.05, 4.69) is 30.5 Å². The highest BCUT2D eigenvalue weighted by Gasteiger charge is 2.22. The standard InChI is InChI=1S/C30H35FN6O5/c1-4-32-30-36-27(19-15-22(39-2)18-23(16-19)40-3)28(42-30)25-7-10-33-29(35-25)34-20-5-6-26(24(31)17-20)41-21-8-11-37(12-9-21)13-14-38/h5-7,10,15-18,21,38H,4,8-9,11-14H2,1-3H3,(H,32,36)(H,33,34,35). The highest BCUT2D eigenvalue weighted by Crippen LogP contribution is 2.37. The van der Waals surface area contributed by atoms with Gasteiger partial charge in [-0.2, -0.15) is 4.98 Å². The molecule has 0 spiro atoms. The van der Waals surface area contributed by atoms with Gasteiger partial charge >= 0.3 is 0 Å². The summed E-state index contributed by atoms with van der Waals surface area (Å²) >= 11 is 0. The van der Waals surface area contributed by atoms with Gasteiger partial charge in [0.2, 0.25) is 5.95 Å². The monoisotopic (exact) mass is 578 g/mol. The largest absolute Gasteiger partial charge is 0.497 e. The van der Waals surface area contributed by atoms with Crippen LogP contribution in [0.25, 0.3) is 22.7 Å². The summed E-state index contributed by atoms with van der Waals surface area (Å²) in [5.41, 5.74) is 2.22. The van der Waals surface area contributed by atoms with Crippen molar-refractivity contribution < 1.29 is 28.1 Å². The van der Waals surface area contributed by atoms with E-state index in [9.17, 15) is 4.39 Å². The molecule has 0 unspecified atom stereocenters. The quantitative estimate of drug-likeness (QED) is 0.211. The minimum Gasteiger partial charge on any atom is -0.497 e. The van der Waals surface area contributed by atoms with Gasteiger partial charge in [-0.15, -0.1) is 0 Å². The number of rotatable bonds is 12. The fourth-order valence-corrected chi connectivity index (χ4v) is 4.78. The fourth-order valence-electron chi connectivity index (χ4n) is 4.78. The minimum absolute atomic E-state index is 0.0685. The number of hydrogen-bond donors (Lipinski definition) is 3. The molecule has 0 atom stereocenters. The van der Waals surface area contributed by atoms with E-state index in [0.717, 1.165) is 31.5 Å². The Kier molecular flexibility index (Phi) is 9.35. The average molecular weight is 579 g/mol. The molecule has 0 bridgehead atoms. The van der Waals surface area contributed by atoms with E-state index < -0.39 is 5.82 Å². The summed E-state index contributed by atoms with van der Waals surface area (Å²) < 4.78 is 37.9. The van der Waals surface area contributed by atoms with E-state index in [1.54, 1.807) is 44.7 Å². The summed E-state index contributed by atoms with van der Waals surface area (Å²) in [6, 6.07) is 12.2. The normalized spacial score (nSPS) is 14.0. The Balaban J connectivity index is 1.35. The highest BCUT2D eigenvalue weighted by atomic mass is 19.1.